The lowest BCUT2D eigenvalue weighted by atomic mass is 10.2. The zero-order valence-corrected chi connectivity index (χ0v) is 17.7. The van der Waals surface area contributed by atoms with Gasteiger partial charge in [0.2, 0.25) is 6.41 Å². The fourth-order valence-electron chi connectivity index (χ4n) is 3.64. The van der Waals surface area contributed by atoms with Gasteiger partial charge in [0.15, 0.2) is 11.6 Å². The number of pyridine rings is 2. The molecule has 0 unspecified atom stereocenters. The molecule has 0 atom stereocenters. The fraction of sp³-hybridized carbons (Fsp3) is 0.455. The number of anilines is 2. The molecule has 9 heteroatoms. The summed E-state index contributed by atoms with van der Waals surface area (Å²) in [6, 6.07) is 5.50. The van der Waals surface area contributed by atoms with Crippen LogP contribution in [0.5, 0.6) is 5.75 Å². The molecule has 0 aliphatic carbocycles. The second-order valence-electron chi connectivity index (χ2n) is 7.44. The molecule has 164 valence electrons. The molecule has 0 saturated carbocycles. The number of nitrogens with zero attached hydrogens (tertiary/aromatic N) is 5. The average Bonchev–Trinajstić information content (AvgIpc) is 2.83. The van der Waals surface area contributed by atoms with Crippen LogP contribution in [-0.4, -0.2) is 72.8 Å². The van der Waals surface area contributed by atoms with Gasteiger partial charge in [-0.05, 0) is 18.6 Å². The highest BCUT2D eigenvalue weighted by molar-refractivity contribution is 5.95. The van der Waals surface area contributed by atoms with Crippen molar-refractivity contribution in [2.24, 2.45) is 4.99 Å². The number of aromatic nitrogens is 2. The number of unbranched alkanes of at least 4 members (excludes halogenated alkanes) is 1. The predicted molar refractivity (Wildman–Crippen MR) is 115 cm³/mol. The van der Waals surface area contributed by atoms with Crippen LogP contribution in [0.15, 0.2) is 35.6 Å². The van der Waals surface area contributed by atoms with Crippen LogP contribution in [0.4, 0.5) is 11.5 Å². The number of ether oxygens (including phenoxy) is 2. The molecule has 0 bridgehead atoms. The Morgan fingerprint density at radius 2 is 2.06 bits per heavy atom. The molecule has 1 amide bonds. The van der Waals surface area contributed by atoms with Crippen LogP contribution in [0.2, 0.25) is 0 Å². The first-order chi connectivity index (χ1) is 15.2. The zero-order valence-electron chi connectivity index (χ0n) is 17.7. The van der Waals surface area contributed by atoms with E-state index in [0.717, 1.165) is 24.9 Å². The van der Waals surface area contributed by atoms with E-state index in [0.29, 0.717) is 68.6 Å². The van der Waals surface area contributed by atoms with E-state index in [1.54, 1.807) is 23.4 Å². The minimum Gasteiger partial charge on any atom is -0.488 e. The lowest BCUT2D eigenvalue weighted by Gasteiger charge is -2.31. The minimum atomic E-state index is -0.0666. The van der Waals surface area contributed by atoms with Gasteiger partial charge in [-0.15, -0.1) is 0 Å². The summed E-state index contributed by atoms with van der Waals surface area (Å²) >= 11 is 0. The zero-order chi connectivity index (χ0) is 21.6. The number of amides is 1. The van der Waals surface area contributed by atoms with Gasteiger partial charge >= 0.3 is 0 Å². The van der Waals surface area contributed by atoms with E-state index in [9.17, 15) is 9.59 Å². The molecule has 9 nitrogen and oxygen atoms in total. The molecule has 2 aromatic rings. The van der Waals surface area contributed by atoms with Crippen LogP contribution in [-0.2, 0) is 9.53 Å². The highest BCUT2D eigenvalue weighted by Crippen LogP contribution is 2.34. The lowest BCUT2D eigenvalue weighted by Crippen LogP contribution is -2.40. The van der Waals surface area contributed by atoms with Crippen LogP contribution < -0.4 is 15.1 Å². The highest BCUT2D eigenvalue weighted by Gasteiger charge is 2.25. The Bertz CT molecular complexity index is 1010. The third kappa shape index (κ3) is 4.61. The fourth-order valence-corrected chi connectivity index (χ4v) is 3.64. The summed E-state index contributed by atoms with van der Waals surface area (Å²) in [5.41, 5.74) is 1.98. The standard InChI is InChI=1S/C22H27N5O4/c1-2-3-5-23-20-14-18(4-6-26(20)16-28)27-9-12-31-19-13-17(15-24-21(19)27)22(29)25-7-10-30-11-8-25/h4,6,13-16H,2-3,5,7-12H2,1H3/b23-20-. The van der Waals surface area contributed by atoms with Crippen LogP contribution in [0.1, 0.15) is 30.1 Å². The van der Waals surface area contributed by atoms with Crippen molar-refractivity contribution in [3.63, 3.8) is 0 Å². The number of hydrogen-bond acceptors (Lipinski definition) is 7. The Morgan fingerprint density at radius 1 is 1.23 bits per heavy atom. The van der Waals surface area contributed by atoms with Gasteiger partial charge in [0, 0.05) is 43.8 Å². The van der Waals surface area contributed by atoms with Gasteiger partial charge in [-0.1, -0.05) is 13.3 Å². The second-order valence-corrected chi connectivity index (χ2v) is 7.44. The number of fused-ring (bicyclic) bond motifs is 1. The molecule has 0 radical (unpaired) electrons. The molecular weight excluding hydrogens is 398 g/mol. The molecule has 0 spiro atoms. The highest BCUT2D eigenvalue weighted by atomic mass is 16.5. The number of morpholine rings is 1. The van der Waals surface area contributed by atoms with Crippen molar-refractivity contribution in [2.75, 3.05) is 50.9 Å². The molecule has 2 aromatic heterocycles. The van der Waals surface area contributed by atoms with E-state index in [-0.39, 0.29) is 5.91 Å². The normalized spacial score (nSPS) is 16.6. The van der Waals surface area contributed by atoms with Crippen molar-refractivity contribution >= 4 is 23.8 Å². The number of rotatable bonds is 6. The Labute approximate surface area is 180 Å². The maximum Gasteiger partial charge on any atom is 0.255 e. The van der Waals surface area contributed by atoms with E-state index >= 15 is 0 Å². The van der Waals surface area contributed by atoms with E-state index in [1.165, 1.54) is 4.57 Å². The Kier molecular flexibility index (Phi) is 6.61. The molecule has 2 aliphatic heterocycles. The van der Waals surface area contributed by atoms with Crippen LogP contribution in [0.3, 0.4) is 0 Å². The van der Waals surface area contributed by atoms with Gasteiger partial charge in [-0.25, -0.2) is 4.98 Å². The largest absolute Gasteiger partial charge is 0.488 e. The summed E-state index contributed by atoms with van der Waals surface area (Å²) in [4.78, 5) is 37.1. The second kappa shape index (κ2) is 9.74. The van der Waals surface area contributed by atoms with Crippen LogP contribution in [0.25, 0.3) is 0 Å². The van der Waals surface area contributed by atoms with Crippen LogP contribution in [0, 0.1) is 0 Å². The molecule has 1 fully saturated rings. The van der Waals surface area contributed by atoms with E-state index in [1.807, 2.05) is 17.0 Å². The Morgan fingerprint density at radius 3 is 2.84 bits per heavy atom. The average molecular weight is 425 g/mol. The molecular formula is C22H27N5O4. The third-order valence-electron chi connectivity index (χ3n) is 5.36. The van der Waals surface area contributed by atoms with E-state index in [2.05, 4.69) is 16.9 Å². The SMILES string of the molecule is CCCC/N=c1/cc(N2CCOc3cc(C(=O)N4CCOCC4)cnc32)ccn1C=O. The van der Waals surface area contributed by atoms with Gasteiger partial charge in [0.25, 0.3) is 5.91 Å². The summed E-state index contributed by atoms with van der Waals surface area (Å²) in [5, 5.41) is 0. The smallest absolute Gasteiger partial charge is 0.255 e. The van der Waals surface area contributed by atoms with Crippen molar-refractivity contribution in [1.29, 1.82) is 0 Å². The first kappa shape index (κ1) is 21.0. The van der Waals surface area contributed by atoms with Crippen molar-refractivity contribution < 1.29 is 19.1 Å². The first-order valence-corrected chi connectivity index (χ1v) is 10.7. The third-order valence-corrected chi connectivity index (χ3v) is 5.36. The molecule has 4 heterocycles. The number of carbonyl (C=O) groups excluding carboxylic acids is 2. The summed E-state index contributed by atoms with van der Waals surface area (Å²) in [7, 11) is 0. The minimum absolute atomic E-state index is 0.0666. The summed E-state index contributed by atoms with van der Waals surface area (Å²) in [6.07, 6.45) is 6.06. The molecule has 0 aromatic carbocycles. The Hall–Kier alpha value is -3.20. The number of hydrogen-bond donors (Lipinski definition) is 0. The Balaban J connectivity index is 1.62. The molecule has 0 N–H and O–H groups in total. The predicted octanol–water partition coefficient (Wildman–Crippen LogP) is 1.63. The molecule has 2 aliphatic rings. The first-order valence-electron chi connectivity index (χ1n) is 10.7. The number of carbonyl (C=O) groups is 2. The van der Waals surface area contributed by atoms with E-state index < -0.39 is 0 Å². The maximum atomic E-state index is 12.8. The van der Waals surface area contributed by atoms with Crippen molar-refractivity contribution in [3.05, 3.63) is 41.6 Å². The maximum absolute atomic E-state index is 12.8. The topological polar surface area (TPSA) is 89.3 Å². The van der Waals surface area contributed by atoms with Gasteiger partial charge in [-0.3, -0.25) is 19.1 Å². The quantitative estimate of drug-likeness (QED) is 0.516. The lowest BCUT2D eigenvalue weighted by molar-refractivity contribution is 0.0302. The monoisotopic (exact) mass is 425 g/mol. The van der Waals surface area contributed by atoms with Gasteiger partial charge < -0.3 is 19.3 Å². The van der Waals surface area contributed by atoms with Crippen molar-refractivity contribution in [2.45, 2.75) is 19.8 Å². The van der Waals surface area contributed by atoms with Gasteiger partial charge in [0.1, 0.15) is 12.1 Å². The summed E-state index contributed by atoms with van der Waals surface area (Å²) in [6.45, 7) is 6.10. The van der Waals surface area contributed by atoms with E-state index in [4.69, 9.17) is 9.47 Å². The summed E-state index contributed by atoms with van der Waals surface area (Å²) < 4.78 is 12.6. The molecule has 4 rings (SSSR count). The molecule has 31 heavy (non-hydrogen) atoms. The molecule has 1 saturated heterocycles. The summed E-state index contributed by atoms with van der Waals surface area (Å²) in [5.74, 6) is 1.15. The van der Waals surface area contributed by atoms with Gasteiger partial charge in [0.05, 0.1) is 25.3 Å². The van der Waals surface area contributed by atoms with Crippen LogP contribution >= 0.6 is 0 Å². The van der Waals surface area contributed by atoms with Crippen molar-refractivity contribution in [3.8, 4) is 5.75 Å². The van der Waals surface area contributed by atoms with Gasteiger partial charge in [-0.2, -0.15) is 0 Å². The van der Waals surface area contributed by atoms with Crippen molar-refractivity contribution in [1.82, 2.24) is 14.5 Å².